The summed E-state index contributed by atoms with van der Waals surface area (Å²) in [6.45, 7) is 7.46. The molecule has 3 rings (SSSR count). The van der Waals surface area contributed by atoms with E-state index in [-0.39, 0.29) is 12.0 Å². The van der Waals surface area contributed by atoms with E-state index < -0.39 is 0 Å². The SMILES string of the molecule is Cc1ccnc([C@H]2CN(C(=O)Cc3sc(C)nc3C)CCO2)n1. The maximum absolute atomic E-state index is 12.6. The number of morpholine rings is 1. The summed E-state index contributed by atoms with van der Waals surface area (Å²) in [6, 6.07) is 1.85. The van der Waals surface area contributed by atoms with Crippen molar-refractivity contribution in [1.29, 1.82) is 0 Å². The molecule has 1 aliphatic heterocycles. The van der Waals surface area contributed by atoms with Gasteiger partial charge in [-0.25, -0.2) is 15.0 Å². The number of nitrogens with zero attached hydrogens (tertiary/aromatic N) is 4. The van der Waals surface area contributed by atoms with E-state index in [0.717, 1.165) is 21.3 Å². The van der Waals surface area contributed by atoms with Gasteiger partial charge in [0.15, 0.2) is 5.82 Å². The molecule has 23 heavy (non-hydrogen) atoms. The van der Waals surface area contributed by atoms with Gasteiger partial charge in [-0.3, -0.25) is 4.79 Å². The zero-order valence-corrected chi connectivity index (χ0v) is 14.4. The summed E-state index contributed by atoms with van der Waals surface area (Å²) < 4.78 is 5.75. The largest absolute Gasteiger partial charge is 0.367 e. The van der Waals surface area contributed by atoms with Crippen LogP contribution in [-0.2, 0) is 16.0 Å². The zero-order chi connectivity index (χ0) is 16.4. The second kappa shape index (κ2) is 6.72. The van der Waals surface area contributed by atoms with Crippen molar-refractivity contribution < 1.29 is 9.53 Å². The molecule has 1 aliphatic rings. The molecule has 0 radical (unpaired) electrons. The van der Waals surface area contributed by atoms with Crippen LogP contribution in [0.4, 0.5) is 0 Å². The average molecular weight is 332 g/mol. The lowest BCUT2D eigenvalue weighted by Crippen LogP contribution is -2.43. The first kappa shape index (κ1) is 16.0. The molecule has 0 bridgehead atoms. The van der Waals surface area contributed by atoms with E-state index in [2.05, 4.69) is 15.0 Å². The number of rotatable bonds is 3. The van der Waals surface area contributed by atoms with E-state index in [1.165, 1.54) is 0 Å². The van der Waals surface area contributed by atoms with Gasteiger partial charge < -0.3 is 9.64 Å². The normalized spacial score (nSPS) is 18.2. The van der Waals surface area contributed by atoms with E-state index in [0.29, 0.717) is 31.9 Å². The molecule has 0 aromatic carbocycles. The molecule has 0 N–H and O–H groups in total. The fraction of sp³-hybridized carbons (Fsp3) is 0.500. The van der Waals surface area contributed by atoms with Crippen molar-refractivity contribution in [2.75, 3.05) is 19.7 Å². The minimum Gasteiger partial charge on any atom is -0.367 e. The van der Waals surface area contributed by atoms with Crippen LogP contribution >= 0.6 is 11.3 Å². The van der Waals surface area contributed by atoms with Crippen LogP contribution in [0.2, 0.25) is 0 Å². The smallest absolute Gasteiger partial charge is 0.228 e. The first-order chi connectivity index (χ1) is 11.0. The highest BCUT2D eigenvalue weighted by Gasteiger charge is 2.27. The Balaban J connectivity index is 1.68. The summed E-state index contributed by atoms with van der Waals surface area (Å²) in [5.74, 6) is 0.755. The molecule has 0 aliphatic carbocycles. The third-order valence-electron chi connectivity index (χ3n) is 3.83. The fourth-order valence-corrected chi connectivity index (χ4v) is 3.57. The van der Waals surface area contributed by atoms with Gasteiger partial charge in [0.2, 0.25) is 5.91 Å². The quantitative estimate of drug-likeness (QED) is 0.860. The second-order valence-electron chi connectivity index (χ2n) is 5.67. The zero-order valence-electron chi connectivity index (χ0n) is 13.6. The second-order valence-corrected chi connectivity index (χ2v) is 6.96. The standard InChI is InChI=1S/C16H20N4O2S/c1-10-4-5-17-16(18-10)13-9-20(6-7-22-13)15(21)8-14-11(2)19-12(3)23-14/h4-5,13H,6-9H2,1-3H3/t13-/m1/s1. The van der Waals surface area contributed by atoms with Crippen molar-refractivity contribution in [1.82, 2.24) is 19.9 Å². The number of aryl methyl sites for hydroxylation is 3. The predicted molar refractivity (Wildman–Crippen MR) is 87.3 cm³/mol. The molecule has 0 saturated carbocycles. The Kier molecular flexibility index (Phi) is 4.68. The lowest BCUT2D eigenvalue weighted by atomic mass is 10.2. The number of carbonyl (C=O) groups excluding carboxylic acids is 1. The monoisotopic (exact) mass is 332 g/mol. The Morgan fingerprint density at radius 2 is 2.22 bits per heavy atom. The summed E-state index contributed by atoms with van der Waals surface area (Å²) in [7, 11) is 0. The molecule has 3 heterocycles. The molecule has 2 aromatic heterocycles. The van der Waals surface area contributed by atoms with Crippen LogP contribution in [0, 0.1) is 20.8 Å². The van der Waals surface area contributed by atoms with Crippen LogP contribution in [0.1, 0.15) is 33.2 Å². The van der Waals surface area contributed by atoms with Crippen LogP contribution in [0.5, 0.6) is 0 Å². The minimum atomic E-state index is -0.253. The van der Waals surface area contributed by atoms with Gasteiger partial charge in [0.1, 0.15) is 6.10 Å². The van der Waals surface area contributed by atoms with Crippen LogP contribution in [0.15, 0.2) is 12.3 Å². The number of carbonyl (C=O) groups is 1. The van der Waals surface area contributed by atoms with E-state index in [4.69, 9.17) is 4.74 Å². The molecule has 1 saturated heterocycles. The fourth-order valence-electron chi connectivity index (χ4n) is 2.64. The van der Waals surface area contributed by atoms with Gasteiger partial charge in [-0.15, -0.1) is 11.3 Å². The van der Waals surface area contributed by atoms with Crippen LogP contribution in [-0.4, -0.2) is 45.5 Å². The number of thiazole rings is 1. The van der Waals surface area contributed by atoms with Gasteiger partial charge in [-0.05, 0) is 26.8 Å². The number of hydrogen-bond donors (Lipinski definition) is 0. The van der Waals surface area contributed by atoms with Crippen molar-refractivity contribution in [2.45, 2.75) is 33.3 Å². The van der Waals surface area contributed by atoms with E-state index in [9.17, 15) is 4.79 Å². The number of ether oxygens (including phenoxy) is 1. The summed E-state index contributed by atoms with van der Waals surface area (Å²) in [5.41, 5.74) is 1.85. The summed E-state index contributed by atoms with van der Waals surface area (Å²) in [4.78, 5) is 28.5. The molecule has 1 fully saturated rings. The van der Waals surface area contributed by atoms with Crippen molar-refractivity contribution in [3.63, 3.8) is 0 Å². The van der Waals surface area contributed by atoms with Crippen LogP contribution < -0.4 is 0 Å². The number of hydrogen-bond acceptors (Lipinski definition) is 6. The average Bonchev–Trinajstić information content (AvgIpc) is 2.85. The molecule has 0 spiro atoms. The van der Waals surface area contributed by atoms with Crippen molar-refractivity contribution in [3.8, 4) is 0 Å². The molecule has 7 heteroatoms. The van der Waals surface area contributed by atoms with Gasteiger partial charge >= 0.3 is 0 Å². The summed E-state index contributed by atoms with van der Waals surface area (Å²) >= 11 is 1.59. The highest BCUT2D eigenvalue weighted by atomic mass is 32.1. The van der Waals surface area contributed by atoms with Gasteiger partial charge in [-0.1, -0.05) is 0 Å². The van der Waals surface area contributed by atoms with Gasteiger partial charge in [0.25, 0.3) is 0 Å². The maximum Gasteiger partial charge on any atom is 0.228 e. The molecular formula is C16H20N4O2S. The summed E-state index contributed by atoms with van der Waals surface area (Å²) in [6.07, 6.45) is 1.88. The lowest BCUT2D eigenvalue weighted by molar-refractivity contribution is -0.138. The van der Waals surface area contributed by atoms with Gasteiger partial charge in [-0.2, -0.15) is 0 Å². The maximum atomic E-state index is 12.6. The first-order valence-corrected chi connectivity index (χ1v) is 8.46. The molecule has 0 unspecified atom stereocenters. The van der Waals surface area contributed by atoms with E-state index in [1.807, 2.05) is 31.7 Å². The van der Waals surface area contributed by atoms with Crippen molar-refractivity contribution in [2.24, 2.45) is 0 Å². The molecule has 6 nitrogen and oxygen atoms in total. The molecule has 2 aromatic rings. The molecule has 1 amide bonds. The van der Waals surface area contributed by atoms with Crippen LogP contribution in [0.25, 0.3) is 0 Å². The molecular weight excluding hydrogens is 312 g/mol. The van der Waals surface area contributed by atoms with Crippen molar-refractivity contribution in [3.05, 3.63) is 39.4 Å². The minimum absolute atomic E-state index is 0.109. The molecule has 1 atom stereocenters. The Bertz CT molecular complexity index is 716. The highest BCUT2D eigenvalue weighted by Crippen LogP contribution is 2.22. The van der Waals surface area contributed by atoms with Gasteiger partial charge in [0.05, 0.1) is 30.3 Å². The Labute approximate surface area is 139 Å². The Morgan fingerprint density at radius 1 is 1.39 bits per heavy atom. The van der Waals surface area contributed by atoms with E-state index >= 15 is 0 Å². The lowest BCUT2D eigenvalue weighted by Gasteiger charge is -2.32. The topological polar surface area (TPSA) is 68.2 Å². The summed E-state index contributed by atoms with van der Waals surface area (Å²) in [5, 5.41) is 0.998. The van der Waals surface area contributed by atoms with Crippen molar-refractivity contribution >= 4 is 17.2 Å². The number of aromatic nitrogens is 3. The first-order valence-electron chi connectivity index (χ1n) is 7.65. The highest BCUT2D eigenvalue weighted by molar-refractivity contribution is 7.11. The third kappa shape index (κ3) is 3.73. The predicted octanol–water partition coefficient (Wildman–Crippen LogP) is 2.00. The van der Waals surface area contributed by atoms with Gasteiger partial charge in [0, 0.05) is 23.3 Å². The third-order valence-corrected chi connectivity index (χ3v) is 4.90. The molecule has 122 valence electrons. The van der Waals surface area contributed by atoms with Crippen LogP contribution in [0.3, 0.4) is 0 Å². The Hall–Kier alpha value is -1.86. The number of amides is 1. The van der Waals surface area contributed by atoms with E-state index in [1.54, 1.807) is 17.5 Å². The Morgan fingerprint density at radius 3 is 2.91 bits per heavy atom.